The zero-order valence-electron chi connectivity index (χ0n) is 8.56. The first-order valence-electron chi connectivity index (χ1n) is 4.93. The Balaban J connectivity index is 0.000000980. The fourth-order valence-corrected chi connectivity index (χ4v) is 3.12. The normalized spacial score (nSPS) is 43.4. The number of rotatable bonds is 1. The van der Waals surface area contributed by atoms with Gasteiger partial charge in [-0.1, -0.05) is 13.8 Å². The molecule has 4 heteroatoms. The molecule has 82 valence electrons. The fourth-order valence-electron chi connectivity index (χ4n) is 3.12. The third-order valence-corrected chi connectivity index (χ3v) is 4.33. The SMILES string of the molecule is CC1(C)[C@@H]2C[C@H](C(=O)O)[C@@H](N)[C@H]1C2.Cl. The summed E-state index contributed by atoms with van der Waals surface area (Å²) in [4.78, 5) is 10.9. The summed E-state index contributed by atoms with van der Waals surface area (Å²) in [6.45, 7) is 4.42. The minimum absolute atomic E-state index is 0. The molecule has 3 rings (SSSR count). The maximum absolute atomic E-state index is 10.9. The fraction of sp³-hybridized carbons (Fsp3) is 0.900. The zero-order chi connectivity index (χ0) is 9.80. The molecule has 2 bridgehead atoms. The maximum atomic E-state index is 10.9. The highest BCUT2D eigenvalue weighted by molar-refractivity contribution is 5.85. The first kappa shape index (κ1) is 11.8. The molecule has 3 aliphatic carbocycles. The van der Waals surface area contributed by atoms with Gasteiger partial charge in [0.15, 0.2) is 0 Å². The van der Waals surface area contributed by atoms with Crippen molar-refractivity contribution < 1.29 is 9.90 Å². The van der Waals surface area contributed by atoms with Gasteiger partial charge in [-0.15, -0.1) is 12.4 Å². The van der Waals surface area contributed by atoms with Crippen molar-refractivity contribution in [3.05, 3.63) is 0 Å². The van der Waals surface area contributed by atoms with Crippen LogP contribution in [0.4, 0.5) is 0 Å². The molecule has 0 amide bonds. The van der Waals surface area contributed by atoms with E-state index in [9.17, 15) is 4.79 Å². The van der Waals surface area contributed by atoms with Crippen molar-refractivity contribution >= 4 is 18.4 Å². The second-order valence-electron chi connectivity index (χ2n) is 5.12. The van der Waals surface area contributed by atoms with Gasteiger partial charge >= 0.3 is 5.97 Å². The van der Waals surface area contributed by atoms with Gasteiger partial charge in [0.2, 0.25) is 0 Å². The van der Waals surface area contributed by atoms with E-state index in [1.165, 1.54) is 0 Å². The molecule has 3 N–H and O–H groups in total. The summed E-state index contributed by atoms with van der Waals surface area (Å²) in [5.41, 5.74) is 6.24. The lowest BCUT2D eigenvalue weighted by molar-refractivity contribution is -0.159. The first-order chi connectivity index (χ1) is 5.94. The van der Waals surface area contributed by atoms with Crippen LogP contribution in [0.15, 0.2) is 0 Å². The van der Waals surface area contributed by atoms with Gasteiger partial charge in [0.1, 0.15) is 0 Å². The molecule has 0 saturated heterocycles. The number of nitrogens with two attached hydrogens (primary N) is 1. The highest BCUT2D eigenvalue weighted by Crippen LogP contribution is 2.60. The van der Waals surface area contributed by atoms with E-state index in [1.54, 1.807) is 0 Å². The molecule has 0 aliphatic heterocycles. The van der Waals surface area contributed by atoms with E-state index in [2.05, 4.69) is 13.8 Å². The lowest BCUT2D eigenvalue weighted by Crippen LogP contribution is -2.62. The number of hydrogen-bond acceptors (Lipinski definition) is 2. The van der Waals surface area contributed by atoms with Gasteiger partial charge in [-0.2, -0.15) is 0 Å². The highest BCUT2D eigenvalue weighted by atomic mass is 35.5. The smallest absolute Gasteiger partial charge is 0.308 e. The van der Waals surface area contributed by atoms with Crippen molar-refractivity contribution in [2.24, 2.45) is 28.9 Å². The quantitative estimate of drug-likeness (QED) is 0.703. The zero-order valence-corrected chi connectivity index (χ0v) is 9.38. The molecule has 3 saturated carbocycles. The van der Waals surface area contributed by atoms with Crippen LogP contribution in [0, 0.1) is 23.2 Å². The summed E-state index contributed by atoms with van der Waals surface area (Å²) in [5.74, 6) is 0.000208. The second kappa shape index (κ2) is 3.38. The molecule has 3 nitrogen and oxygen atoms in total. The van der Waals surface area contributed by atoms with Crippen LogP contribution in [0.1, 0.15) is 26.7 Å². The molecule has 0 spiro atoms. The molecule has 0 heterocycles. The average Bonchev–Trinajstić information content (AvgIpc) is 2.02. The highest BCUT2D eigenvalue weighted by Gasteiger charge is 2.58. The van der Waals surface area contributed by atoms with Gasteiger partial charge in [-0.3, -0.25) is 4.79 Å². The van der Waals surface area contributed by atoms with E-state index in [1.807, 2.05) is 0 Å². The van der Waals surface area contributed by atoms with Crippen LogP contribution < -0.4 is 5.73 Å². The Morgan fingerprint density at radius 3 is 2.36 bits per heavy atom. The molecule has 14 heavy (non-hydrogen) atoms. The molecule has 3 fully saturated rings. The van der Waals surface area contributed by atoms with E-state index < -0.39 is 5.97 Å². The first-order valence-corrected chi connectivity index (χ1v) is 4.93. The molecule has 0 aromatic carbocycles. The Kier molecular flexibility index (Phi) is 2.85. The number of carboxylic acid groups (broad SMARTS) is 1. The van der Waals surface area contributed by atoms with Crippen LogP contribution >= 0.6 is 12.4 Å². The van der Waals surface area contributed by atoms with E-state index in [4.69, 9.17) is 10.8 Å². The number of halogens is 1. The lowest BCUT2D eigenvalue weighted by atomic mass is 9.45. The lowest BCUT2D eigenvalue weighted by Gasteiger charge is -2.60. The molecule has 0 unspecified atom stereocenters. The van der Waals surface area contributed by atoms with Gasteiger partial charge in [-0.25, -0.2) is 0 Å². The second-order valence-corrected chi connectivity index (χ2v) is 5.12. The molecule has 0 aromatic rings. The van der Waals surface area contributed by atoms with Gasteiger partial charge < -0.3 is 10.8 Å². The number of carboxylic acids is 1. The topological polar surface area (TPSA) is 63.3 Å². The Hall–Kier alpha value is -0.280. The Morgan fingerprint density at radius 2 is 2.00 bits per heavy atom. The molecule has 4 atom stereocenters. The van der Waals surface area contributed by atoms with Gasteiger partial charge in [-0.05, 0) is 30.1 Å². The summed E-state index contributed by atoms with van der Waals surface area (Å²) in [6.07, 6.45) is 1.91. The maximum Gasteiger partial charge on any atom is 0.308 e. The molecule has 0 aromatic heterocycles. The number of fused-ring (bicyclic) bond motifs is 2. The number of carbonyl (C=O) groups is 1. The third-order valence-electron chi connectivity index (χ3n) is 4.33. The monoisotopic (exact) mass is 219 g/mol. The van der Waals surface area contributed by atoms with Gasteiger partial charge in [0.25, 0.3) is 0 Å². The van der Waals surface area contributed by atoms with E-state index in [0.717, 1.165) is 12.8 Å². The summed E-state index contributed by atoms with van der Waals surface area (Å²) in [6, 6.07) is -0.127. The Morgan fingerprint density at radius 1 is 1.43 bits per heavy atom. The van der Waals surface area contributed by atoms with Crippen LogP contribution in [-0.2, 0) is 4.79 Å². The third kappa shape index (κ3) is 1.34. The van der Waals surface area contributed by atoms with Crippen LogP contribution in [0.5, 0.6) is 0 Å². The molecular weight excluding hydrogens is 202 g/mol. The Labute approximate surface area is 90.5 Å². The molecule has 3 aliphatic rings. The van der Waals surface area contributed by atoms with Crippen molar-refractivity contribution in [2.75, 3.05) is 0 Å². The molecular formula is C10H18ClNO2. The van der Waals surface area contributed by atoms with Gasteiger partial charge in [0.05, 0.1) is 5.92 Å². The van der Waals surface area contributed by atoms with Crippen molar-refractivity contribution in [2.45, 2.75) is 32.7 Å². The van der Waals surface area contributed by atoms with Crippen molar-refractivity contribution in [3.63, 3.8) is 0 Å². The van der Waals surface area contributed by atoms with Crippen molar-refractivity contribution in [1.29, 1.82) is 0 Å². The Bertz CT molecular complexity index is 255. The van der Waals surface area contributed by atoms with Crippen LogP contribution in [-0.4, -0.2) is 17.1 Å². The van der Waals surface area contributed by atoms with Gasteiger partial charge in [0, 0.05) is 6.04 Å². The van der Waals surface area contributed by atoms with Crippen LogP contribution in [0.3, 0.4) is 0 Å². The van der Waals surface area contributed by atoms with E-state index in [0.29, 0.717) is 11.8 Å². The summed E-state index contributed by atoms with van der Waals surface area (Å²) >= 11 is 0. The molecule has 0 radical (unpaired) electrons. The number of hydrogen-bond donors (Lipinski definition) is 2. The summed E-state index contributed by atoms with van der Waals surface area (Å²) in [7, 11) is 0. The summed E-state index contributed by atoms with van der Waals surface area (Å²) in [5, 5.41) is 8.94. The standard InChI is InChI=1S/C10H17NO2.ClH/c1-10(2)5-3-6(9(12)13)8(11)7(10)4-5;/h5-8H,3-4,11H2,1-2H3,(H,12,13);1H/t5-,6+,7-,8-;/m1./s1. The average molecular weight is 220 g/mol. The van der Waals surface area contributed by atoms with Crippen molar-refractivity contribution in [1.82, 2.24) is 0 Å². The minimum Gasteiger partial charge on any atom is -0.481 e. The van der Waals surface area contributed by atoms with E-state index in [-0.39, 0.29) is 29.8 Å². The van der Waals surface area contributed by atoms with Crippen LogP contribution in [0.25, 0.3) is 0 Å². The predicted molar refractivity (Wildman–Crippen MR) is 56.3 cm³/mol. The van der Waals surface area contributed by atoms with Crippen molar-refractivity contribution in [3.8, 4) is 0 Å². The minimum atomic E-state index is -0.710. The van der Waals surface area contributed by atoms with E-state index >= 15 is 0 Å². The predicted octanol–water partition coefficient (Wildman–Crippen LogP) is 1.50. The van der Waals surface area contributed by atoms with Crippen LogP contribution in [0.2, 0.25) is 0 Å². The largest absolute Gasteiger partial charge is 0.481 e. The number of aliphatic carboxylic acids is 1. The summed E-state index contributed by atoms with van der Waals surface area (Å²) < 4.78 is 0.